The second kappa shape index (κ2) is 7.35. The molecule has 0 aliphatic rings. The van der Waals surface area contributed by atoms with Gasteiger partial charge in [-0.05, 0) is 29.8 Å². The topological polar surface area (TPSA) is 64.3 Å². The van der Waals surface area contributed by atoms with Crippen LogP contribution >= 0.6 is 12.4 Å². The van der Waals surface area contributed by atoms with Gasteiger partial charge in [-0.25, -0.2) is 9.18 Å². The zero-order valence-corrected chi connectivity index (χ0v) is 11.3. The molecule has 6 heteroatoms. The van der Waals surface area contributed by atoms with Crippen LogP contribution in [0.3, 0.4) is 0 Å². The Kier molecular flexibility index (Phi) is 5.80. The Balaban J connectivity index is 0.00000200. The molecule has 4 nitrogen and oxygen atoms in total. The normalized spacial score (nSPS) is 9.45. The predicted molar refractivity (Wildman–Crippen MR) is 77.4 cm³/mol. The van der Waals surface area contributed by atoms with Gasteiger partial charge in [0.25, 0.3) is 0 Å². The Labute approximate surface area is 122 Å². The quantitative estimate of drug-likeness (QED) is 0.855. The monoisotopic (exact) mass is 296 g/mol. The van der Waals surface area contributed by atoms with Crippen LogP contribution in [0.5, 0.6) is 5.75 Å². The maximum atomic E-state index is 13.2. The number of carbonyl (C=O) groups excluding carboxylic acids is 1. The van der Waals surface area contributed by atoms with E-state index >= 15 is 0 Å². The number of halogens is 2. The fourth-order valence-electron chi connectivity index (χ4n) is 1.47. The zero-order valence-electron chi connectivity index (χ0n) is 10.5. The summed E-state index contributed by atoms with van der Waals surface area (Å²) in [5.41, 5.74) is 7.07. The number of rotatable bonds is 3. The second-order valence-electron chi connectivity index (χ2n) is 3.92. The number of ether oxygens (including phenoxy) is 1. The molecule has 0 saturated carbocycles. The smallest absolute Gasteiger partial charge is 0.407 e. The number of anilines is 1. The van der Waals surface area contributed by atoms with Crippen LogP contribution in [0.4, 0.5) is 14.9 Å². The van der Waals surface area contributed by atoms with Gasteiger partial charge in [0.2, 0.25) is 0 Å². The van der Waals surface area contributed by atoms with E-state index in [9.17, 15) is 9.18 Å². The van der Waals surface area contributed by atoms with E-state index in [2.05, 4.69) is 5.32 Å². The van der Waals surface area contributed by atoms with Gasteiger partial charge in [0.1, 0.15) is 0 Å². The van der Waals surface area contributed by atoms with Crippen LogP contribution in [0.1, 0.15) is 5.56 Å². The molecule has 0 aromatic heterocycles. The van der Waals surface area contributed by atoms with Crippen LogP contribution in [-0.2, 0) is 6.54 Å². The molecule has 106 valence electrons. The number of nitrogen functional groups attached to an aromatic ring is 1. The average Bonchev–Trinajstić information content (AvgIpc) is 2.41. The van der Waals surface area contributed by atoms with Gasteiger partial charge in [-0.3, -0.25) is 0 Å². The van der Waals surface area contributed by atoms with E-state index in [4.69, 9.17) is 10.5 Å². The molecule has 2 rings (SSSR count). The van der Waals surface area contributed by atoms with Crippen molar-refractivity contribution in [2.24, 2.45) is 0 Å². The first-order valence-electron chi connectivity index (χ1n) is 5.70. The molecule has 0 atom stereocenters. The van der Waals surface area contributed by atoms with Crippen molar-refractivity contribution in [3.8, 4) is 5.75 Å². The van der Waals surface area contributed by atoms with Crippen molar-refractivity contribution in [2.75, 3.05) is 5.73 Å². The van der Waals surface area contributed by atoms with Gasteiger partial charge in [-0.1, -0.05) is 24.3 Å². The first-order chi connectivity index (χ1) is 9.15. The van der Waals surface area contributed by atoms with Gasteiger partial charge in [0.15, 0.2) is 11.6 Å². The molecule has 3 N–H and O–H groups in total. The zero-order chi connectivity index (χ0) is 13.7. The van der Waals surface area contributed by atoms with Gasteiger partial charge in [-0.2, -0.15) is 0 Å². The Morgan fingerprint density at radius 2 is 1.80 bits per heavy atom. The predicted octanol–water partition coefficient (Wildman–Crippen LogP) is 3.12. The highest BCUT2D eigenvalue weighted by molar-refractivity contribution is 5.85. The number of benzene rings is 2. The fourth-order valence-corrected chi connectivity index (χ4v) is 1.47. The third kappa shape index (κ3) is 4.44. The molecular formula is C14H14ClFN2O2. The lowest BCUT2D eigenvalue weighted by Gasteiger charge is -2.07. The summed E-state index contributed by atoms with van der Waals surface area (Å²) < 4.78 is 18.1. The van der Waals surface area contributed by atoms with E-state index in [1.165, 1.54) is 18.2 Å². The Morgan fingerprint density at radius 1 is 1.15 bits per heavy atom. The maximum Gasteiger partial charge on any atom is 0.412 e. The highest BCUT2D eigenvalue weighted by Crippen LogP contribution is 2.15. The molecule has 2 aromatic carbocycles. The summed E-state index contributed by atoms with van der Waals surface area (Å²) in [6.07, 6.45) is -0.707. The number of carbonyl (C=O) groups is 1. The molecule has 0 bridgehead atoms. The molecular weight excluding hydrogens is 283 g/mol. The van der Waals surface area contributed by atoms with Crippen molar-refractivity contribution in [3.05, 3.63) is 59.9 Å². The van der Waals surface area contributed by atoms with E-state index in [1.54, 1.807) is 30.3 Å². The van der Waals surface area contributed by atoms with Crippen LogP contribution in [-0.4, -0.2) is 6.09 Å². The molecule has 0 spiro atoms. The Morgan fingerprint density at radius 3 is 2.45 bits per heavy atom. The van der Waals surface area contributed by atoms with E-state index in [0.717, 1.165) is 5.56 Å². The second-order valence-corrected chi connectivity index (χ2v) is 3.92. The summed E-state index contributed by atoms with van der Waals surface area (Å²) in [4.78, 5) is 11.5. The van der Waals surface area contributed by atoms with E-state index < -0.39 is 11.9 Å². The minimum absolute atomic E-state index is 0. The molecule has 0 aliphatic carbocycles. The minimum atomic E-state index is -0.707. The van der Waals surface area contributed by atoms with Crippen molar-refractivity contribution in [3.63, 3.8) is 0 Å². The Hall–Kier alpha value is -2.27. The van der Waals surface area contributed by atoms with Crippen molar-refractivity contribution < 1.29 is 13.9 Å². The lowest BCUT2D eigenvalue weighted by Crippen LogP contribution is -2.26. The van der Waals surface area contributed by atoms with Crippen LogP contribution < -0.4 is 15.8 Å². The van der Waals surface area contributed by atoms with Gasteiger partial charge in [0, 0.05) is 12.2 Å². The molecule has 0 radical (unpaired) electrons. The minimum Gasteiger partial charge on any atom is -0.407 e. The summed E-state index contributed by atoms with van der Waals surface area (Å²) in [5, 5.41) is 2.53. The third-order valence-corrected chi connectivity index (χ3v) is 2.46. The summed E-state index contributed by atoms with van der Waals surface area (Å²) in [5.74, 6) is -0.678. The molecule has 0 heterocycles. The molecule has 20 heavy (non-hydrogen) atoms. The molecule has 0 aliphatic heterocycles. The highest BCUT2D eigenvalue weighted by atomic mass is 35.5. The van der Waals surface area contributed by atoms with Gasteiger partial charge in [0.05, 0.1) is 0 Å². The van der Waals surface area contributed by atoms with Crippen LogP contribution in [0.2, 0.25) is 0 Å². The highest BCUT2D eigenvalue weighted by Gasteiger charge is 2.07. The fraction of sp³-hybridized carbons (Fsp3) is 0.0714. The molecule has 0 fully saturated rings. The van der Waals surface area contributed by atoms with Gasteiger partial charge in [-0.15, -0.1) is 12.4 Å². The molecule has 2 aromatic rings. The lowest BCUT2D eigenvalue weighted by molar-refractivity contribution is 0.198. The van der Waals surface area contributed by atoms with Crippen LogP contribution in [0.15, 0.2) is 48.5 Å². The van der Waals surface area contributed by atoms with Crippen molar-refractivity contribution in [1.82, 2.24) is 5.32 Å². The van der Waals surface area contributed by atoms with E-state index in [1.807, 2.05) is 0 Å². The molecule has 0 unspecified atom stereocenters. The third-order valence-electron chi connectivity index (χ3n) is 2.46. The maximum absolute atomic E-state index is 13.2. The first-order valence-corrected chi connectivity index (χ1v) is 5.70. The summed E-state index contributed by atoms with van der Waals surface area (Å²) in [6.45, 7) is 0.285. The first kappa shape index (κ1) is 15.8. The van der Waals surface area contributed by atoms with Gasteiger partial charge < -0.3 is 15.8 Å². The number of nitrogens with one attached hydrogen (secondary N) is 1. The number of nitrogens with two attached hydrogens (primary N) is 1. The number of hydrogen-bond acceptors (Lipinski definition) is 3. The van der Waals surface area contributed by atoms with Crippen molar-refractivity contribution in [2.45, 2.75) is 6.54 Å². The summed E-state index contributed by atoms with van der Waals surface area (Å²) >= 11 is 0. The lowest BCUT2D eigenvalue weighted by atomic mass is 10.2. The number of hydrogen-bond donors (Lipinski definition) is 2. The SMILES string of the molecule is Cl.Nc1ccc(CNC(=O)Oc2ccccc2F)cc1. The van der Waals surface area contributed by atoms with Crippen LogP contribution in [0.25, 0.3) is 0 Å². The largest absolute Gasteiger partial charge is 0.412 e. The van der Waals surface area contributed by atoms with E-state index in [0.29, 0.717) is 5.69 Å². The van der Waals surface area contributed by atoms with Gasteiger partial charge >= 0.3 is 6.09 Å². The van der Waals surface area contributed by atoms with Crippen LogP contribution in [0, 0.1) is 5.82 Å². The summed E-state index contributed by atoms with van der Waals surface area (Å²) in [7, 11) is 0. The standard InChI is InChI=1S/C14H13FN2O2.ClH/c15-12-3-1-2-4-13(12)19-14(18)17-9-10-5-7-11(16)8-6-10;/h1-8H,9,16H2,(H,17,18);1H. The van der Waals surface area contributed by atoms with E-state index in [-0.39, 0.29) is 24.7 Å². The number of para-hydroxylation sites is 1. The average molecular weight is 297 g/mol. The number of amides is 1. The Bertz CT molecular complexity index is 576. The van der Waals surface area contributed by atoms with Crippen molar-refractivity contribution >= 4 is 24.2 Å². The molecule has 1 amide bonds. The molecule has 0 saturated heterocycles. The summed E-state index contributed by atoms with van der Waals surface area (Å²) in [6, 6.07) is 12.8. The van der Waals surface area contributed by atoms with Crippen molar-refractivity contribution in [1.29, 1.82) is 0 Å².